The van der Waals surface area contributed by atoms with Crippen LogP contribution in [0.3, 0.4) is 0 Å². The van der Waals surface area contributed by atoms with Crippen LogP contribution in [0.15, 0.2) is 61.1 Å². The lowest BCUT2D eigenvalue weighted by molar-refractivity contribution is 0.0990. The molecule has 2 N–H and O–H groups in total. The monoisotopic (exact) mass is 415 g/mol. The van der Waals surface area contributed by atoms with Crippen LogP contribution in [0.1, 0.15) is 17.3 Å². The molecule has 1 amide bonds. The fourth-order valence-electron chi connectivity index (χ4n) is 3.85. The van der Waals surface area contributed by atoms with Crippen molar-refractivity contribution in [1.82, 2.24) is 14.5 Å². The third-order valence-electron chi connectivity index (χ3n) is 5.26. The highest BCUT2D eigenvalue weighted by Gasteiger charge is 2.28. The maximum atomic E-state index is 13.2. The Bertz CT molecular complexity index is 1280. The molecule has 0 saturated heterocycles. The van der Waals surface area contributed by atoms with Gasteiger partial charge in [-0.05, 0) is 43.3 Å². The van der Waals surface area contributed by atoms with Crippen molar-refractivity contribution in [3.05, 3.63) is 66.6 Å². The van der Waals surface area contributed by atoms with Gasteiger partial charge in [-0.1, -0.05) is 12.1 Å². The van der Waals surface area contributed by atoms with Crippen LogP contribution in [0, 0.1) is 0 Å². The first-order valence-electron chi connectivity index (χ1n) is 10.1. The van der Waals surface area contributed by atoms with E-state index in [9.17, 15) is 4.79 Å². The van der Waals surface area contributed by atoms with Gasteiger partial charge in [-0.15, -0.1) is 0 Å². The number of fused-ring (bicyclic) bond motifs is 2. The van der Waals surface area contributed by atoms with Gasteiger partial charge in [-0.2, -0.15) is 0 Å². The molecule has 0 fully saturated rings. The second-order valence-electron chi connectivity index (χ2n) is 7.07. The normalized spacial score (nSPS) is 13.6. The summed E-state index contributed by atoms with van der Waals surface area (Å²) in [5.74, 6) is 0.881. The van der Waals surface area contributed by atoms with Gasteiger partial charge < -0.3 is 24.7 Å². The van der Waals surface area contributed by atoms with Crippen LogP contribution in [0.5, 0.6) is 11.6 Å². The van der Waals surface area contributed by atoms with Gasteiger partial charge in [0, 0.05) is 17.3 Å². The van der Waals surface area contributed by atoms with E-state index >= 15 is 0 Å². The molecule has 0 radical (unpaired) electrons. The molecule has 5 rings (SSSR count). The molecule has 2 aromatic heterocycles. The first-order chi connectivity index (χ1) is 15.2. The molecule has 2 aromatic carbocycles. The van der Waals surface area contributed by atoms with E-state index in [2.05, 4.69) is 14.5 Å². The van der Waals surface area contributed by atoms with Crippen LogP contribution in [0.4, 0.5) is 11.5 Å². The average Bonchev–Trinajstić information content (AvgIpc) is 3.12. The smallest absolute Gasteiger partial charge is 0.267 e. The number of para-hydroxylation sites is 2. The van der Waals surface area contributed by atoms with Gasteiger partial charge >= 0.3 is 0 Å². The molecule has 31 heavy (non-hydrogen) atoms. The summed E-state index contributed by atoms with van der Waals surface area (Å²) in [7, 11) is 0. The van der Waals surface area contributed by atoms with Crippen LogP contribution in [0.25, 0.3) is 16.6 Å². The molecule has 8 nitrogen and oxygen atoms in total. The Morgan fingerprint density at radius 1 is 1.16 bits per heavy atom. The lowest BCUT2D eigenvalue weighted by Crippen LogP contribution is -2.32. The number of rotatable bonds is 4. The van der Waals surface area contributed by atoms with Crippen LogP contribution < -0.4 is 20.1 Å². The van der Waals surface area contributed by atoms with Crippen molar-refractivity contribution in [3.63, 3.8) is 0 Å². The minimum atomic E-state index is -0.272. The number of aromatic nitrogens is 3. The highest BCUT2D eigenvalue weighted by molar-refractivity contribution is 6.11. The topological polar surface area (TPSA) is 95.5 Å². The van der Waals surface area contributed by atoms with Crippen LogP contribution in [0.2, 0.25) is 0 Å². The number of nitrogen functional groups attached to an aromatic ring is 1. The summed E-state index contributed by atoms with van der Waals surface area (Å²) < 4.78 is 13.5. The minimum absolute atomic E-state index is 0.113. The molecule has 0 spiro atoms. The predicted molar refractivity (Wildman–Crippen MR) is 118 cm³/mol. The number of ether oxygens (including phenoxy) is 2. The molecule has 4 aromatic rings. The van der Waals surface area contributed by atoms with Crippen LogP contribution >= 0.6 is 0 Å². The summed E-state index contributed by atoms with van der Waals surface area (Å²) in [6.07, 6.45) is 3.30. The Hall–Kier alpha value is -4.07. The van der Waals surface area contributed by atoms with E-state index in [1.54, 1.807) is 4.90 Å². The fraction of sp³-hybridized carbons (Fsp3) is 0.174. The lowest BCUT2D eigenvalue weighted by atomic mass is 10.2. The van der Waals surface area contributed by atoms with Crippen LogP contribution in [-0.2, 0) is 0 Å². The largest absolute Gasteiger partial charge is 0.492 e. The molecule has 8 heteroatoms. The molecule has 0 saturated carbocycles. The first kappa shape index (κ1) is 18.9. The second-order valence-corrected chi connectivity index (χ2v) is 7.07. The quantitative estimate of drug-likeness (QED) is 0.549. The maximum absolute atomic E-state index is 13.2. The van der Waals surface area contributed by atoms with Crippen molar-refractivity contribution in [2.45, 2.75) is 6.92 Å². The third kappa shape index (κ3) is 3.22. The summed E-state index contributed by atoms with van der Waals surface area (Å²) >= 11 is 0. The number of benzene rings is 2. The van der Waals surface area contributed by atoms with Gasteiger partial charge in [-0.3, -0.25) is 4.79 Å². The van der Waals surface area contributed by atoms with Crippen molar-refractivity contribution in [2.75, 3.05) is 30.4 Å². The first-order valence-corrected chi connectivity index (χ1v) is 10.1. The van der Waals surface area contributed by atoms with Crippen molar-refractivity contribution >= 4 is 28.3 Å². The number of nitrogens with zero attached hydrogens (tertiary/aromatic N) is 4. The van der Waals surface area contributed by atoms with Crippen molar-refractivity contribution in [2.24, 2.45) is 0 Å². The Labute approximate surface area is 178 Å². The van der Waals surface area contributed by atoms with E-state index in [4.69, 9.17) is 15.2 Å². The maximum Gasteiger partial charge on any atom is 0.267 e. The van der Waals surface area contributed by atoms with E-state index < -0.39 is 0 Å². The van der Waals surface area contributed by atoms with E-state index in [1.165, 1.54) is 6.33 Å². The molecule has 3 heterocycles. The summed E-state index contributed by atoms with van der Waals surface area (Å²) in [6, 6.07) is 15.8. The summed E-state index contributed by atoms with van der Waals surface area (Å²) in [4.78, 5) is 22.9. The van der Waals surface area contributed by atoms with E-state index in [0.717, 1.165) is 28.0 Å². The number of carbonyl (C=O) groups excluding carboxylic acids is 1. The number of nitrogens with two attached hydrogens (primary N) is 1. The zero-order chi connectivity index (χ0) is 21.4. The SMILES string of the molecule is CCOc1ccccc1-n1ccc2cc(N3CCOc4ncnc(N)c4C3=O)ccc21. The van der Waals surface area contributed by atoms with E-state index in [-0.39, 0.29) is 23.2 Å². The number of anilines is 2. The van der Waals surface area contributed by atoms with Crippen LogP contribution in [-0.4, -0.2) is 40.2 Å². The summed E-state index contributed by atoms with van der Waals surface area (Å²) in [5, 5.41) is 0.999. The standard InChI is InChI=1S/C23H21N5O3/c1-2-30-19-6-4-3-5-18(19)28-10-9-15-13-16(7-8-17(15)28)27-11-12-31-22-20(23(27)29)21(24)25-14-26-22/h3-10,13-14H,2,11-12H2,1H3,(H2,24,25,26). The van der Waals surface area contributed by atoms with Gasteiger partial charge in [0.25, 0.3) is 5.91 Å². The number of hydrogen-bond donors (Lipinski definition) is 1. The predicted octanol–water partition coefficient (Wildman–Crippen LogP) is 3.44. The van der Waals surface area contributed by atoms with Gasteiger partial charge in [0.1, 0.15) is 30.1 Å². The number of amides is 1. The third-order valence-corrected chi connectivity index (χ3v) is 5.26. The van der Waals surface area contributed by atoms with Gasteiger partial charge in [0.2, 0.25) is 5.88 Å². The van der Waals surface area contributed by atoms with Crippen molar-refractivity contribution in [1.29, 1.82) is 0 Å². The summed E-state index contributed by atoms with van der Waals surface area (Å²) in [6.45, 7) is 3.26. The molecule has 1 aliphatic rings. The van der Waals surface area contributed by atoms with Gasteiger partial charge in [-0.25, -0.2) is 9.97 Å². The Morgan fingerprint density at radius 2 is 2.03 bits per heavy atom. The van der Waals surface area contributed by atoms with Crippen molar-refractivity contribution in [3.8, 4) is 17.3 Å². The van der Waals surface area contributed by atoms with E-state index in [1.807, 2.05) is 61.7 Å². The number of hydrogen-bond acceptors (Lipinski definition) is 6. The number of carbonyl (C=O) groups is 1. The molecular weight excluding hydrogens is 394 g/mol. The van der Waals surface area contributed by atoms with Gasteiger partial charge in [0.05, 0.1) is 24.4 Å². The average molecular weight is 415 g/mol. The Kier molecular flexibility index (Phi) is 4.66. The lowest BCUT2D eigenvalue weighted by Gasteiger charge is -2.20. The molecular formula is C23H21N5O3. The molecule has 0 aliphatic carbocycles. The Balaban J connectivity index is 1.55. The second kappa shape index (κ2) is 7.64. The Morgan fingerprint density at radius 3 is 2.90 bits per heavy atom. The highest BCUT2D eigenvalue weighted by Crippen LogP contribution is 2.32. The zero-order valence-corrected chi connectivity index (χ0v) is 17.0. The molecule has 0 bridgehead atoms. The van der Waals surface area contributed by atoms with Gasteiger partial charge in [0.15, 0.2) is 0 Å². The molecule has 1 aliphatic heterocycles. The fourth-order valence-corrected chi connectivity index (χ4v) is 3.85. The highest BCUT2D eigenvalue weighted by atomic mass is 16.5. The van der Waals surface area contributed by atoms with E-state index in [0.29, 0.717) is 19.8 Å². The minimum Gasteiger partial charge on any atom is -0.492 e. The zero-order valence-electron chi connectivity index (χ0n) is 17.0. The van der Waals surface area contributed by atoms with Crippen molar-refractivity contribution < 1.29 is 14.3 Å². The molecule has 0 unspecified atom stereocenters. The summed E-state index contributed by atoms with van der Waals surface area (Å²) in [5.41, 5.74) is 8.87. The molecule has 0 atom stereocenters. The molecule has 156 valence electrons.